The predicted molar refractivity (Wildman–Crippen MR) is 94.3 cm³/mol. The van der Waals surface area contributed by atoms with Crippen LogP contribution in [0.1, 0.15) is 36.9 Å². The van der Waals surface area contributed by atoms with Crippen molar-refractivity contribution >= 4 is 5.96 Å². The highest BCUT2D eigenvalue weighted by Gasteiger charge is 2.21. The second-order valence-corrected chi connectivity index (χ2v) is 6.35. The molecule has 0 radical (unpaired) electrons. The molecule has 0 bridgehead atoms. The molecular weight excluding hydrogens is 272 g/mol. The van der Waals surface area contributed by atoms with Crippen molar-refractivity contribution in [2.75, 3.05) is 34.2 Å². The summed E-state index contributed by atoms with van der Waals surface area (Å²) < 4.78 is 0. The highest BCUT2D eigenvalue weighted by molar-refractivity contribution is 5.79. The summed E-state index contributed by atoms with van der Waals surface area (Å²) in [5, 5.41) is 6.87. The standard InChI is InChI=1S/C18H30N4/c1-5-14-8-10-16(11-9-14)17(22(3)4)13-21-18(19-2)20-12-15-6-7-15/h8-11,15,17H,5-7,12-13H2,1-4H3,(H2,19,20,21). The molecule has 0 aromatic heterocycles. The van der Waals surface area contributed by atoms with E-state index in [1.54, 1.807) is 0 Å². The zero-order valence-corrected chi connectivity index (χ0v) is 14.4. The molecule has 2 N–H and O–H groups in total. The van der Waals surface area contributed by atoms with E-state index in [1.807, 2.05) is 7.05 Å². The maximum absolute atomic E-state index is 4.32. The van der Waals surface area contributed by atoms with E-state index in [0.29, 0.717) is 6.04 Å². The first kappa shape index (κ1) is 16.8. The molecule has 122 valence electrons. The van der Waals surface area contributed by atoms with Gasteiger partial charge in [0.2, 0.25) is 0 Å². The zero-order valence-electron chi connectivity index (χ0n) is 14.4. The first-order chi connectivity index (χ1) is 10.6. The number of guanidine groups is 1. The topological polar surface area (TPSA) is 39.7 Å². The first-order valence-corrected chi connectivity index (χ1v) is 8.33. The summed E-state index contributed by atoms with van der Waals surface area (Å²) in [7, 11) is 6.09. The Morgan fingerprint density at radius 1 is 1.23 bits per heavy atom. The molecule has 1 aliphatic rings. The molecule has 1 fully saturated rings. The number of likely N-dealkylation sites (N-methyl/N-ethyl adjacent to an activating group) is 1. The smallest absolute Gasteiger partial charge is 0.191 e. The predicted octanol–water partition coefficient (Wildman–Crippen LogP) is 2.43. The molecule has 0 amide bonds. The van der Waals surface area contributed by atoms with Gasteiger partial charge >= 0.3 is 0 Å². The Balaban J connectivity index is 1.91. The summed E-state index contributed by atoms with van der Waals surface area (Å²) in [6, 6.07) is 9.28. The van der Waals surface area contributed by atoms with Crippen LogP contribution in [0.15, 0.2) is 29.3 Å². The van der Waals surface area contributed by atoms with E-state index in [4.69, 9.17) is 0 Å². The van der Waals surface area contributed by atoms with Crippen LogP contribution in [0.2, 0.25) is 0 Å². The number of hydrogen-bond donors (Lipinski definition) is 2. The molecule has 1 aromatic rings. The highest BCUT2D eigenvalue weighted by atomic mass is 15.2. The lowest BCUT2D eigenvalue weighted by Crippen LogP contribution is -2.42. The summed E-state index contributed by atoms with van der Waals surface area (Å²) in [5.74, 6) is 1.76. The van der Waals surface area contributed by atoms with Gasteiger partial charge in [-0.3, -0.25) is 4.99 Å². The van der Waals surface area contributed by atoms with E-state index in [2.05, 4.69) is 65.8 Å². The number of hydrogen-bond acceptors (Lipinski definition) is 2. The van der Waals surface area contributed by atoms with Crippen molar-refractivity contribution < 1.29 is 0 Å². The third kappa shape index (κ3) is 5.02. The van der Waals surface area contributed by atoms with E-state index < -0.39 is 0 Å². The fourth-order valence-corrected chi connectivity index (χ4v) is 2.55. The van der Waals surface area contributed by atoms with Crippen molar-refractivity contribution in [1.29, 1.82) is 0 Å². The molecule has 1 aliphatic carbocycles. The number of nitrogens with zero attached hydrogens (tertiary/aromatic N) is 2. The lowest BCUT2D eigenvalue weighted by Gasteiger charge is -2.26. The second-order valence-electron chi connectivity index (χ2n) is 6.35. The highest BCUT2D eigenvalue weighted by Crippen LogP contribution is 2.27. The minimum atomic E-state index is 0.338. The molecule has 4 heteroatoms. The van der Waals surface area contributed by atoms with E-state index in [0.717, 1.165) is 31.4 Å². The average Bonchev–Trinajstić information content (AvgIpc) is 3.35. The average molecular weight is 302 g/mol. The lowest BCUT2D eigenvalue weighted by atomic mass is 10.0. The van der Waals surface area contributed by atoms with Crippen molar-refractivity contribution in [3.63, 3.8) is 0 Å². The molecule has 4 nitrogen and oxygen atoms in total. The van der Waals surface area contributed by atoms with E-state index in [9.17, 15) is 0 Å². The molecular formula is C18H30N4. The molecule has 1 saturated carbocycles. The molecule has 0 heterocycles. The van der Waals surface area contributed by atoms with E-state index in [-0.39, 0.29) is 0 Å². The van der Waals surface area contributed by atoms with Crippen LogP contribution in [-0.2, 0) is 6.42 Å². The normalized spacial score (nSPS) is 16.7. The van der Waals surface area contributed by atoms with E-state index >= 15 is 0 Å². The Kier molecular flexibility index (Phi) is 6.25. The summed E-state index contributed by atoms with van der Waals surface area (Å²) in [6.07, 6.45) is 3.80. The Morgan fingerprint density at radius 2 is 1.91 bits per heavy atom. The van der Waals surface area contributed by atoms with Crippen LogP contribution >= 0.6 is 0 Å². The second kappa shape index (κ2) is 8.18. The number of nitrogens with one attached hydrogen (secondary N) is 2. The maximum Gasteiger partial charge on any atom is 0.191 e. The summed E-state index contributed by atoms with van der Waals surface area (Å²) in [5.41, 5.74) is 2.73. The van der Waals surface area contributed by atoms with Gasteiger partial charge in [-0.15, -0.1) is 0 Å². The number of rotatable bonds is 7. The molecule has 0 saturated heterocycles. The summed E-state index contributed by atoms with van der Waals surface area (Å²) >= 11 is 0. The maximum atomic E-state index is 4.32. The van der Waals surface area contributed by atoms with Crippen molar-refractivity contribution in [1.82, 2.24) is 15.5 Å². The van der Waals surface area contributed by atoms with E-state index in [1.165, 1.54) is 24.0 Å². The zero-order chi connectivity index (χ0) is 15.9. The fourth-order valence-electron chi connectivity index (χ4n) is 2.55. The molecule has 1 aromatic carbocycles. The monoisotopic (exact) mass is 302 g/mol. The third-order valence-corrected chi connectivity index (χ3v) is 4.34. The van der Waals surface area contributed by atoms with Crippen molar-refractivity contribution in [2.45, 2.75) is 32.2 Å². The quantitative estimate of drug-likeness (QED) is 0.600. The lowest BCUT2D eigenvalue weighted by molar-refractivity contribution is 0.298. The van der Waals surface area contributed by atoms with Gasteiger partial charge in [0, 0.05) is 20.1 Å². The molecule has 0 aliphatic heterocycles. The first-order valence-electron chi connectivity index (χ1n) is 8.33. The molecule has 0 spiro atoms. The van der Waals surface area contributed by atoms with Crippen LogP contribution in [-0.4, -0.2) is 45.1 Å². The van der Waals surface area contributed by atoms with Gasteiger partial charge in [0.25, 0.3) is 0 Å². The van der Waals surface area contributed by atoms with Gasteiger partial charge in [-0.05, 0) is 50.4 Å². The molecule has 1 unspecified atom stereocenters. The molecule has 2 rings (SSSR count). The number of benzene rings is 1. The van der Waals surface area contributed by atoms with Gasteiger partial charge < -0.3 is 15.5 Å². The summed E-state index contributed by atoms with van der Waals surface area (Å²) in [6.45, 7) is 4.08. The largest absolute Gasteiger partial charge is 0.356 e. The minimum absolute atomic E-state index is 0.338. The van der Waals surface area contributed by atoms with Gasteiger partial charge in [-0.25, -0.2) is 0 Å². The van der Waals surface area contributed by atoms with Crippen LogP contribution in [0, 0.1) is 5.92 Å². The van der Waals surface area contributed by atoms with Crippen LogP contribution in [0.25, 0.3) is 0 Å². The van der Waals surface area contributed by atoms with Crippen molar-refractivity contribution in [3.05, 3.63) is 35.4 Å². The number of aliphatic imine (C=N–C) groups is 1. The van der Waals surface area contributed by atoms with Crippen LogP contribution in [0.3, 0.4) is 0 Å². The van der Waals surface area contributed by atoms with Gasteiger partial charge in [-0.1, -0.05) is 31.2 Å². The Labute approximate surface area is 135 Å². The minimum Gasteiger partial charge on any atom is -0.356 e. The Hall–Kier alpha value is -1.55. The molecule has 22 heavy (non-hydrogen) atoms. The number of aryl methyl sites for hydroxylation is 1. The molecule has 1 atom stereocenters. The fraction of sp³-hybridized carbons (Fsp3) is 0.611. The van der Waals surface area contributed by atoms with Crippen molar-refractivity contribution in [3.8, 4) is 0 Å². The van der Waals surface area contributed by atoms with Gasteiger partial charge in [0.05, 0.1) is 6.04 Å². The van der Waals surface area contributed by atoms with Crippen LogP contribution < -0.4 is 10.6 Å². The Bertz CT molecular complexity index is 474. The van der Waals surface area contributed by atoms with Crippen LogP contribution in [0.4, 0.5) is 0 Å². The third-order valence-electron chi connectivity index (χ3n) is 4.34. The van der Waals surface area contributed by atoms with Crippen LogP contribution in [0.5, 0.6) is 0 Å². The SMILES string of the molecule is CCc1ccc(C(CNC(=NC)NCC2CC2)N(C)C)cc1. The van der Waals surface area contributed by atoms with Crippen molar-refractivity contribution in [2.24, 2.45) is 10.9 Å². The van der Waals surface area contributed by atoms with Gasteiger partial charge in [0.1, 0.15) is 0 Å². The van der Waals surface area contributed by atoms with Gasteiger partial charge in [0.15, 0.2) is 5.96 Å². The van der Waals surface area contributed by atoms with Gasteiger partial charge in [-0.2, -0.15) is 0 Å². The summed E-state index contributed by atoms with van der Waals surface area (Å²) in [4.78, 5) is 6.57. The Morgan fingerprint density at radius 3 is 2.41 bits per heavy atom.